The second-order valence-corrected chi connectivity index (χ2v) is 5.84. The van der Waals surface area contributed by atoms with Gasteiger partial charge in [0.25, 0.3) is 0 Å². The van der Waals surface area contributed by atoms with Crippen LogP contribution in [0.2, 0.25) is 0 Å². The number of rotatable bonds is 5. The number of para-hydroxylation sites is 1. The summed E-state index contributed by atoms with van der Waals surface area (Å²) in [6, 6.07) is 14.0. The fourth-order valence-electron chi connectivity index (χ4n) is 2.74. The maximum Gasteiger partial charge on any atom is 0.221 e. The van der Waals surface area contributed by atoms with E-state index in [2.05, 4.69) is 5.32 Å². The minimum absolute atomic E-state index is 0. The van der Waals surface area contributed by atoms with Gasteiger partial charge in [-0.2, -0.15) is 0 Å². The summed E-state index contributed by atoms with van der Waals surface area (Å²) in [5.41, 5.74) is 8.04. The molecule has 3 N–H and O–H groups in total. The number of carbonyl (C=O) groups is 1. The summed E-state index contributed by atoms with van der Waals surface area (Å²) < 4.78 is 13.3. The molecule has 5 heteroatoms. The number of nitrogens with one attached hydrogen (secondary N) is 1. The Bertz CT molecular complexity index is 701. The first kappa shape index (κ1) is 17.3. The average molecular weight is 335 g/mol. The van der Waals surface area contributed by atoms with Gasteiger partial charge in [0.05, 0.1) is 5.54 Å². The van der Waals surface area contributed by atoms with Crippen LogP contribution in [-0.2, 0) is 16.8 Å². The molecule has 0 spiro atoms. The Kier molecular flexibility index (Phi) is 5.26. The zero-order chi connectivity index (χ0) is 15.6. The van der Waals surface area contributed by atoms with E-state index >= 15 is 0 Å². The highest BCUT2D eigenvalue weighted by Gasteiger charge is 2.45. The zero-order valence-corrected chi connectivity index (χ0v) is 13.5. The molecule has 3 nitrogen and oxygen atoms in total. The lowest BCUT2D eigenvalue weighted by Gasteiger charge is -2.18. The molecule has 2 aromatic carbocycles. The van der Waals surface area contributed by atoms with Crippen molar-refractivity contribution < 1.29 is 9.18 Å². The highest BCUT2D eigenvalue weighted by Crippen LogP contribution is 2.45. The number of anilines is 1. The summed E-state index contributed by atoms with van der Waals surface area (Å²) in [5, 5.41) is 3.05. The number of carbonyl (C=O) groups excluding carboxylic acids is 1. The van der Waals surface area contributed by atoms with Crippen LogP contribution in [0.3, 0.4) is 0 Å². The molecule has 0 bridgehead atoms. The van der Waals surface area contributed by atoms with Crippen LogP contribution in [0.4, 0.5) is 10.1 Å². The van der Waals surface area contributed by atoms with Gasteiger partial charge >= 0.3 is 0 Å². The Hall–Kier alpha value is -2.07. The highest BCUT2D eigenvalue weighted by molar-refractivity contribution is 5.85. The lowest BCUT2D eigenvalue weighted by atomic mass is 10.0. The third-order valence-electron chi connectivity index (χ3n) is 4.18. The number of nitrogen functional groups attached to an aromatic ring is 1. The number of hydrogen-bond donors (Lipinski definition) is 2. The molecule has 23 heavy (non-hydrogen) atoms. The molecule has 1 aliphatic rings. The molecule has 2 aromatic rings. The lowest BCUT2D eigenvalue weighted by Crippen LogP contribution is -2.35. The number of hydrogen-bond acceptors (Lipinski definition) is 2. The summed E-state index contributed by atoms with van der Waals surface area (Å²) in [4.78, 5) is 12.2. The van der Waals surface area contributed by atoms with Crippen molar-refractivity contribution in [3.8, 4) is 0 Å². The molecule has 1 amide bonds. The van der Waals surface area contributed by atoms with Gasteiger partial charge in [-0.3, -0.25) is 4.79 Å². The van der Waals surface area contributed by atoms with Crippen LogP contribution in [0.15, 0.2) is 48.5 Å². The molecule has 0 aliphatic heterocycles. The normalized spacial score (nSPS) is 14.7. The fraction of sp³-hybridized carbons (Fsp3) is 0.278. The van der Waals surface area contributed by atoms with Crippen molar-refractivity contribution in [3.05, 3.63) is 65.5 Å². The van der Waals surface area contributed by atoms with Crippen LogP contribution in [-0.4, -0.2) is 5.91 Å². The minimum Gasteiger partial charge on any atom is -0.399 e. The number of amides is 1. The molecule has 0 unspecified atom stereocenters. The third kappa shape index (κ3) is 4.02. The van der Waals surface area contributed by atoms with Gasteiger partial charge in [0.15, 0.2) is 0 Å². The first-order chi connectivity index (χ1) is 10.6. The predicted octanol–water partition coefficient (Wildman–Crippen LogP) is 3.57. The van der Waals surface area contributed by atoms with E-state index in [9.17, 15) is 9.18 Å². The van der Waals surface area contributed by atoms with Crippen molar-refractivity contribution in [1.82, 2.24) is 5.32 Å². The quantitative estimate of drug-likeness (QED) is 0.821. The lowest BCUT2D eigenvalue weighted by molar-refractivity contribution is -0.122. The molecule has 0 heterocycles. The molecular weight excluding hydrogens is 315 g/mol. The SMILES string of the molecule is Cl.Nc1ccccc1CCC(=O)NC1(c2cccc(F)c2)CC1. The maximum atomic E-state index is 13.3. The van der Waals surface area contributed by atoms with E-state index in [-0.39, 0.29) is 29.7 Å². The largest absolute Gasteiger partial charge is 0.399 e. The van der Waals surface area contributed by atoms with Gasteiger partial charge in [-0.25, -0.2) is 4.39 Å². The van der Waals surface area contributed by atoms with Crippen LogP contribution >= 0.6 is 12.4 Å². The Morgan fingerprint density at radius 2 is 1.91 bits per heavy atom. The summed E-state index contributed by atoms with van der Waals surface area (Å²) in [6.07, 6.45) is 2.70. The fourth-order valence-corrected chi connectivity index (χ4v) is 2.74. The molecule has 1 aliphatic carbocycles. The highest BCUT2D eigenvalue weighted by atomic mass is 35.5. The van der Waals surface area contributed by atoms with Crippen LogP contribution < -0.4 is 11.1 Å². The average Bonchev–Trinajstić information content (AvgIpc) is 3.27. The van der Waals surface area contributed by atoms with Crippen molar-refractivity contribution in [2.75, 3.05) is 5.73 Å². The van der Waals surface area contributed by atoms with E-state index in [4.69, 9.17) is 5.73 Å². The van der Waals surface area contributed by atoms with Crippen LogP contribution in [0, 0.1) is 5.82 Å². The molecule has 1 saturated carbocycles. The van der Waals surface area contributed by atoms with E-state index < -0.39 is 0 Å². The van der Waals surface area contributed by atoms with E-state index in [0.717, 1.165) is 24.0 Å². The standard InChI is InChI=1S/C18H19FN2O.ClH/c19-15-6-3-5-14(12-15)18(10-11-18)21-17(22)9-8-13-4-1-2-7-16(13)20;/h1-7,12H,8-11,20H2,(H,21,22);1H. The molecule has 0 atom stereocenters. The summed E-state index contributed by atoms with van der Waals surface area (Å²) >= 11 is 0. The van der Waals surface area contributed by atoms with Gasteiger partial charge < -0.3 is 11.1 Å². The smallest absolute Gasteiger partial charge is 0.221 e. The Morgan fingerprint density at radius 3 is 2.57 bits per heavy atom. The molecule has 1 fully saturated rings. The second kappa shape index (κ2) is 7.01. The van der Waals surface area contributed by atoms with Crippen LogP contribution in [0.5, 0.6) is 0 Å². The molecule has 0 radical (unpaired) electrons. The van der Waals surface area contributed by atoms with Crippen LogP contribution in [0.1, 0.15) is 30.4 Å². The third-order valence-corrected chi connectivity index (χ3v) is 4.18. The predicted molar refractivity (Wildman–Crippen MR) is 91.9 cm³/mol. The van der Waals surface area contributed by atoms with Crippen molar-refractivity contribution in [2.45, 2.75) is 31.2 Å². The monoisotopic (exact) mass is 334 g/mol. The minimum atomic E-state index is -0.374. The molecular formula is C18H20ClFN2O. The second-order valence-electron chi connectivity index (χ2n) is 5.84. The summed E-state index contributed by atoms with van der Waals surface area (Å²) in [5.74, 6) is -0.292. The number of benzene rings is 2. The number of aryl methyl sites for hydroxylation is 1. The van der Waals surface area contributed by atoms with Gasteiger partial charge in [0.1, 0.15) is 5.82 Å². The van der Waals surface area contributed by atoms with E-state index in [0.29, 0.717) is 18.5 Å². The first-order valence-electron chi connectivity index (χ1n) is 7.49. The van der Waals surface area contributed by atoms with Crippen molar-refractivity contribution in [2.24, 2.45) is 0 Å². The van der Waals surface area contributed by atoms with E-state index in [1.807, 2.05) is 30.3 Å². The van der Waals surface area contributed by atoms with Gasteiger partial charge in [-0.15, -0.1) is 12.4 Å². The Morgan fingerprint density at radius 1 is 1.17 bits per heavy atom. The summed E-state index contributed by atoms with van der Waals surface area (Å²) in [7, 11) is 0. The van der Waals surface area contributed by atoms with Crippen molar-refractivity contribution in [1.29, 1.82) is 0 Å². The number of halogens is 2. The summed E-state index contributed by atoms with van der Waals surface area (Å²) in [6.45, 7) is 0. The molecule has 3 rings (SSSR count). The van der Waals surface area contributed by atoms with Gasteiger partial charge in [0.2, 0.25) is 5.91 Å². The van der Waals surface area contributed by atoms with E-state index in [1.54, 1.807) is 6.07 Å². The molecule has 0 saturated heterocycles. The van der Waals surface area contributed by atoms with Crippen molar-refractivity contribution >= 4 is 24.0 Å². The Balaban J connectivity index is 0.00000192. The van der Waals surface area contributed by atoms with Gasteiger partial charge in [-0.05, 0) is 48.6 Å². The van der Waals surface area contributed by atoms with Crippen LogP contribution in [0.25, 0.3) is 0 Å². The zero-order valence-electron chi connectivity index (χ0n) is 12.7. The van der Waals surface area contributed by atoms with Gasteiger partial charge in [0, 0.05) is 12.1 Å². The molecule has 0 aromatic heterocycles. The maximum absolute atomic E-state index is 13.3. The topological polar surface area (TPSA) is 55.1 Å². The molecule has 122 valence electrons. The number of nitrogens with two attached hydrogens (primary N) is 1. The van der Waals surface area contributed by atoms with Crippen molar-refractivity contribution in [3.63, 3.8) is 0 Å². The van der Waals surface area contributed by atoms with Gasteiger partial charge in [-0.1, -0.05) is 30.3 Å². The first-order valence-corrected chi connectivity index (χ1v) is 7.49. The van der Waals surface area contributed by atoms with E-state index in [1.165, 1.54) is 12.1 Å². The Labute approximate surface area is 141 Å².